The summed E-state index contributed by atoms with van der Waals surface area (Å²) in [7, 11) is 0. The van der Waals surface area contributed by atoms with Crippen LogP contribution in [-0.4, -0.2) is 72.1 Å². The van der Waals surface area contributed by atoms with Crippen molar-refractivity contribution in [3.8, 4) is 0 Å². The van der Waals surface area contributed by atoms with Crippen molar-refractivity contribution in [2.24, 2.45) is 5.73 Å². The van der Waals surface area contributed by atoms with Gasteiger partial charge in [-0.1, -0.05) is 6.07 Å². The quantitative estimate of drug-likeness (QED) is 0.515. The molecule has 1 unspecified atom stereocenters. The Labute approximate surface area is 172 Å². The molecule has 0 aromatic heterocycles. The Hall–Kier alpha value is -2.66. The van der Waals surface area contributed by atoms with E-state index in [2.05, 4.69) is 10.6 Å². The van der Waals surface area contributed by atoms with E-state index in [1.54, 1.807) is 18.2 Å². The molecule has 1 aromatic carbocycles. The number of nitrogens with zero attached hydrogens (tertiary/aromatic N) is 1. The zero-order valence-corrected chi connectivity index (χ0v) is 16.1. The molecule has 3 saturated heterocycles. The van der Waals surface area contributed by atoms with Crippen LogP contribution in [0.5, 0.6) is 0 Å². The monoisotopic (exact) mass is 414 g/mol. The molecule has 1 aromatic rings. The molecule has 4 heterocycles. The average Bonchev–Trinajstić information content (AvgIpc) is 3.36. The van der Waals surface area contributed by atoms with Crippen molar-refractivity contribution in [1.29, 1.82) is 0 Å². The second kappa shape index (κ2) is 7.24. The van der Waals surface area contributed by atoms with Crippen LogP contribution in [0.2, 0.25) is 0 Å². The SMILES string of the molecule is N[C@H]1CO[C@H]2[C@@H]1OC[C@@H]2NCc1ccc2c(c1)C(=O)N(C1CCC(=O)NC1=O)C2=O. The molecular formula is C20H22N4O6. The third kappa shape index (κ3) is 3.03. The Morgan fingerprint density at radius 3 is 2.63 bits per heavy atom. The average molecular weight is 414 g/mol. The lowest BCUT2D eigenvalue weighted by molar-refractivity contribution is -0.136. The molecule has 4 aliphatic rings. The third-order valence-electron chi connectivity index (χ3n) is 6.16. The number of imide groups is 2. The van der Waals surface area contributed by atoms with E-state index in [0.717, 1.165) is 10.5 Å². The number of hydrogen-bond acceptors (Lipinski definition) is 8. The van der Waals surface area contributed by atoms with Crippen molar-refractivity contribution in [3.05, 3.63) is 34.9 Å². The summed E-state index contributed by atoms with van der Waals surface area (Å²) in [4.78, 5) is 50.1. The van der Waals surface area contributed by atoms with Gasteiger partial charge in [-0.25, -0.2) is 0 Å². The zero-order chi connectivity index (χ0) is 21.0. The van der Waals surface area contributed by atoms with Crippen molar-refractivity contribution < 1.29 is 28.7 Å². The summed E-state index contributed by atoms with van der Waals surface area (Å²) in [5.41, 5.74) is 7.33. The van der Waals surface area contributed by atoms with E-state index in [9.17, 15) is 19.2 Å². The number of hydrogen-bond donors (Lipinski definition) is 3. The fraction of sp³-hybridized carbons (Fsp3) is 0.500. The van der Waals surface area contributed by atoms with Gasteiger partial charge in [-0.05, 0) is 24.1 Å². The topological polar surface area (TPSA) is 140 Å². The van der Waals surface area contributed by atoms with Crippen molar-refractivity contribution in [2.75, 3.05) is 13.2 Å². The van der Waals surface area contributed by atoms with Gasteiger partial charge in [-0.15, -0.1) is 0 Å². The van der Waals surface area contributed by atoms with E-state index >= 15 is 0 Å². The summed E-state index contributed by atoms with van der Waals surface area (Å²) in [6.07, 6.45) is 0.0252. The van der Waals surface area contributed by atoms with Crippen LogP contribution >= 0.6 is 0 Å². The Morgan fingerprint density at radius 2 is 1.83 bits per heavy atom. The number of amides is 4. The molecule has 4 amide bonds. The summed E-state index contributed by atoms with van der Waals surface area (Å²) in [5.74, 6) is -2.04. The minimum atomic E-state index is -0.965. The molecular weight excluding hydrogens is 392 g/mol. The highest BCUT2D eigenvalue weighted by Gasteiger charge is 2.46. The third-order valence-corrected chi connectivity index (χ3v) is 6.16. The van der Waals surface area contributed by atoms with Crippen molar-refractivity contribution >= 4 is 23.6 Å². The van der Waals surface area contributed by atoms with Gasteiger partial charge in [-0.3, -0.25) is 29.4 Å². The summed E-state index contributed by atoms with van der Waals surface area (Å²) >= 11 is 0. The van der Waals surface area contributed by atoms with Crippen LogP contribution in [0.4, 0.5) is 0 Å². The lowest BCUT2D eigenvalue weighted by Gasteiger charge is -2.27. The van der Waals surface area contributed by atoms with E-state index in [1.165, 1.54) is 0 Å². The van der Waals surface area contributed by atoms with Gasteiger partial charge >= 0.3 is 0 Å². The van der Waals surface area contributed by atoms with Gasteiger partial charge in [0.25, 0.3) is 11.8 Å². The summed E-state index contributed by atoms with van der Waals surface area (Å²) < 4.78 is 11.4. The molecule has 10 heteroatoms. The maximum absolute atomic E-state index is 12.9. The number of nitrogens with two attached hydrogens (primary N) is 1. The van der Waals surface area contributed by atoms with Crippen LogP contribution in [0.1, 0.15) is 39.1 Å². The van der Waals surface area contributed by atoms with Gasteiger partial charge in [0, 0.05) is 13.0 Å². The molecule has 0 bridgehead atoms. The van der Waals surface area contributed by atoms with Gasteiger partial charge in [0.15, 0.2) is 0 Å². The first kappa shape index (κ1) is 19.3. The molecule has 0 saturated carbocycles. The predicted molar refractivity (Wildman–Crippen MR) is 101 cm³/mol. The van der Waals surface area contributed by atoms with Crippen molar-refractivity contribution in [2.45, 2.75) is 49.7 Å². The minimum absolute atomic E-state index is 0.00546. The standard InChI is InChI=1S/C20H22N4O6/c21-12-7-29-17-13(8-30-16(12)17)22-6-9-1-2-10-11(5-9)20(28)24(19(10)27)14-3-4-15(25)23-18(14)26/h1-2,5,12-14,16-17,22H,3-4,6-8,21H2,(H,23,25,26)/t12-,13-,14?,16+,17+/m0/s1. The van der Waals surface area contributed by atoms with Gasteiger partial charge in [0.2, 0.25) is 11.8 Å². The van der Waals surface area contributed by atoms with Crippen LogP contribution < -0.4 is 16.4 Å². The number of rotatable bonds is 4. The van der Waals surface area contributed by atoms with E-state index in [0.29, 0.717) is 19.8 Å². The number of fused-ring (bicyclic) bond motifs is 2. The highest BCUT2D eigenvalue weighted by Crippen LogP contribution is 2.29. The highest BCUT2D eigenvalue weighted by molar-refractivity contribution is 6.23. The van der Waals surface area contributed by atoms with Crippen molar-refractivity contribution in [1.82, 2.24) is 15.5 Å². The highest BCUT2D eigenvalue weighted by atomic mass is 16.6. The predicted octanol–water partition coefficient (Wildman–Crippen LogP) is -1.33. The Balaban J connectivity index is 1.29. The molecule has 4 N–H and O–H groups in total. The van der Waals surface area contributed by atoms with Crippen LogP contribution in [-0.2, 0) is 25.6 Å². The second-order valence-electron chi connectivity index (χ2n) is 8.07. The molecule has 0 spiro atoms. The largest absolute Gasteiger partial charge is 0.372 e. The summed E-state index contributed by atoms with van der Waals surface area (Å²) in [6.45, 7) is 1.43. The van der Waals surface area contributed by atoms with Gasteiger partial charge in [0.1, 0.15) is 18.2 Å². The number of nitrogens with one attached hydrogen (secondary N) is 2. The molecule has 0 aliphatic carbocycles. The Bertz CT molecular complexity index is 949. The molecule has 30 heavy (non-hydrogen) atoms. The molecule has 5 atom stereocenters. The van der Waals surface area contributed by atoms with Crippen LogP contribution in [0, 0.1) is 0 Å². The van der Waals surface area contributed by atoms with Crippen LogP contribution in [0.25, 0.3) is 0 Å². The summed E-state index contributed by atoms with van der Waals surface area (Å²) in [6, 6.07) is 3.96. The van der Waals surface area contributed by atoms with Crippen LogP contribution in [0.15, 0.2) is 18.2 Å². The zero-order valence-electron chi connectivity index (χ0n) is 16.1. The Kier molecular flexibility index (Phi) is 4.66. The normalized spacial score (nSPS) is 33.1. The van der Waals surface area contributed by atoms with E-state index in [4.69, 9.17) is 15.2 Å². The number of benzene rings is 1. The molecule has 3 fully saturated rings. The summed E-state index contributed by atoms with van der Waals surface area (Å²) in [5, 5.41) is 5.57. The first-order valence-electron chi connectivity index (χ1n) is 10.0. The second-order valence-corrected chi connectivity index (χ2v) is 8.07. The molecule has 5 rings (SSSR count). The number of ether oxygens (including phenoxy) is 2. The van der Waals surface area contributed by atoms with Gasteiger partial charge in [-0.2, -0.15) is 0 Å². The first-order chi connectivity index (χ1) is 14.4. The van der Waals surface area contributed by atoms with E-state index in [-0.39, 0.29) is 48.3 Å². The maximum atomic E-state index is 12.9. The van der Waals surface area contributed by atoms with Crippen LogP contribution in [0.3, 0.4) is 0 Å². The maximum Gasteiger partial charge on any atom is 0.262 e. The fourth-order valence-corrected chi connectivity index (χ4v) is 4.58. The minimum Gasteiger partial charge on any atom is -0.372 e. The number of carbonyl (C=O) groups is 4. The van der Waals surface area contributed by atoms with Gasteiger partial charge in [0.05, 0.1) is 36.4 Å². The lowest BCUT2D eigenvalue weighted by Crippen LogP contribution is -2.54. The number of carbonyl (C=O) groups excluding carboxylic acids is 4. The Morgan fingerprint density at radius 1 is 1.07 bits per heavy atom. The number of piperidine rings is 1. The van der Waals surface area contributed by atoms with E-state index in [1.807, 2.05) is 0 Å². The fourth-order valence-electron chi connectivity index (χ4n) is 4.58. The smallest absolute Gasteiger partial charge is 0.262 e. The molecule has 4 aliphatic heterocycles. The first-order valence-corrected chi connectivity index (χ1v) is 10.0. The molecule has 158 valence electrons. The molecule has 0 radical (unpaired) electrons. The van der Waals surface area contributed by atoms with Crippen molar-refractivity contribution in [3.63, 3.8) is 0 Å². The molecule has 10 nitrogen and oxygen atoms in total. The van der Waals surface area contributed by atoms with E-state index < -0.39 is 29.7 Å². The lowest BCUT2D eigenvalue weighted by atomic mass is 10.0. The van der Waals surface area contributed by atoms with Gasteiger partial charge < -0.3 is 20.5 Å².